The van der Waals surface area contributed by atoms with E-state index in [0.29, 0.717) is 47.3 Å². The summed E-state index contributed by atoms with van der Waals surface area (Å²) in [6.07, 6.45) is 8.05. The van der Waals surface area contributed by atoms with Crippen molar-refractivity contribution in [1.29, 1.82) is 0 Å². The quantitative estimate of drug-likeness (QED) is 0.133. The summed E-state index contributed by atoms with van der Waals surface area (Å²) in [5.41, 5.74) is 4.15. The molecule has 11 heteroatoms. The van der Waals surface area contributed by atoms with E-state index < -0.39 is 0 Å². The predicted octanol–water partition coefficient (Wildman–Crippen LogP) is 6.91. The van der Waals surface area contributed by atoms with Crippen molar-refractivity contribution in [3.8, 4) is 28.7 Å². The van der Waals surface area contributed by atoms with Gasteiger partial charge in [-0.05, 0) is 100 Å². The summed E-state index contributed by atoms with van der Waals surface area (Å²) in [4.78, 5) is 29.2. The molecule has 50 heavy (non-hydrogen) atoms. The van der Waals surface area contributed by atoms with Crippen LogP contribution in [-0.4, -0.2) is 104 Å². The average molecular weight is 684 g/mol. The van der Waals surface area contributed by atoms with E-state index in [1.54, 1.807) is 13.2 Å². The summed E-state index contributed by atoms with van der Waals surface area (Å²) >= 11 is 0. The molecule has 3 aromatic carbocycles. The standard InChI is InChI=1S/C39H46FN5O5/c1-27-22-31-33(41-26-30-8-7-15-45(30)39(31)46)25-35(27)49-21-6-4-14-44-18-16-43(17-19-44)13-3-5-20-48-34-12-9-28(23-37(34)47-2)38-42-32-11-10-29(40)24-36(32)50-38/h9-12,22-26,30H,3-8,13-21H2,1-2H3/t30-/m0/s1. The number of aliphatic imine (C=N–C) groups is 1. The Hall–Kier alpha value is -4.48. The van der Waals surface area contributed by atoms with Gasteiger partial charge in [0.1, 0.15) is 17.1 Å². The van der Waals surface area contributed by atoms with E-state index in [2.05, 4.69) is 19.8 Å². The Bertz CT molecular complexity index is 1840. The van der Waals surface area contributed by atoms with Crippen molar-refractivity contribution in [1.82, 2.24) is 19.7 Å². The van der Waals surface area contributed by atoms with Gasteiger partial charge < -0.3 is 33.3 Å². The van der Waals surface area contributed by atoms with E-state index in [9.17, 15) is 9.18 Å². The number of ether oxygens (including phenoxy) is 3. The minimum atomic E-state index is -0.359. The SMILES string of the molecule is COc1cc(-c2nc3ccc(F)cc3o2)ccc1OCCCCN1CCN(CCCCOc2cc3c(cc2C)C(=O)N2CCC[C@H]2C=N3)CC1. The average Bonchev–Trinajstić information content (AvgIpc) is 3.76. The monoisotopic (exact) mass is 683 g/mol. The molecule has 4 heterocycles. The van der Waals surface area contributed by atoms with Crippen LogP contribution in [0.2, 0.25) is 0 Å². The number of hydrogen-bond acceptors (Lipinski definition) is 9. The Balaban J connectivity index is 0.773. The number of carbonyl (C=O) groups is 1. The highest BCUT2D eigenvalue weighted by Gasteiger charge is 2.32. The van der Waals surface area contributed by atoms with E-state index in [4.69, 9.17) is 18.6 Å². The van der Waals surface area contributed by atoms with Gasteiger partial charge in [-0.3, -0.25) is 9.79 Å². The van der Waals surface area contributed by atoms with Crippen molar-refractivity contribution < 1.29 is 27.8 Å². The van der Waals surface area contributed by atoms with Gasteiger partial charge in [0.05, 0.1) is 37.6 Å². The number of unbranched alkanes of at least 4 members (excludes halogenated alkanes) is 2. The number of benzene rings is 3. The smallest absolute Gasteiger partial charge is 0.256 e. The predicted molar refractivity (Wildman–Crippen MR) is 192 cm³/mol. The van der Waals surface area contributed by atoms with E-state index in [1.165, 1.54) is 12.1 Å². The number of aromatic nitrogens is 1. The lowest BCUT2D eigenvalue weighted by Gasteiger charge is -2.34. The molecule has 7 rings (SSSR count). The number of piperazine rings is 1. The zero-order chi connectivity index (χ0) is 34.5. The minimum Gasteiger partial charge on any atom is -0.493 e. The van der Waals surface area contributed by atoms with Gasteiger partial charge in [-0.25, -0.2) is 9.37 Å². The van der Waals surface area contributed by atoms with Gasteiger partial charge >= 0.3 is 0 Å². The van der Waals surface area contributed by atoms with Crippen LogP contribution >= 0.6 is 0 Å². The summed E-state index contributed by atoms with van der Waals surface area (Å²) in [5.74, 6) is 2.24. The van der Waals surface area contributed by atoms with Crippen molar-refractivity contribution in [2.75, 3.05) is 66.1 Å². The normalized spacial score (nSPS) is 17.9. The molecule has 0 radical (unpaired) electrons. The van der Waals surface area contributed by atoms with Gasteiger partial charge in [0.15, 0.2) is 17.1 Å². The number of oxazole rings is 1. The van der Waals surface area contributed by atoms with Crippen molar-refractivity contribution in [3.05, 3.63) is 65.5 Å². The molecular weight excluding hydrogens is 637 g/mol. The molecule has 3 aliphatic rings. The molecule has 0 saturated carbocycles. The lowest BCUT2D eigenvalue weighted by Crippen LogP contribution is -2.46. The Morgan fingerprint density at radius 3 is 2.34 bits per heavy atom. The molecule has 0 bridgehead atoms. The van der Waals surface area contributed by atoms with Crippen molar-refractivity contribution >= 4 is 28.9 Å². The van der Waals surface area contributed by atoms with Crippen LogP contribution in [-0.2, 0) is 0 Å². The van der Waals surface area contributed by atoms with E-state index in [1.807, 2.05) is 48.4 Å². The first kappa shape index (κ1) is 34.0. The molecule has 2 fully saturated rings. The number of amides is 1. The summed E-state index contributed by atoms with van der Waals surface area (Å²) in [5, 5.41) is 0. The van der Waals surface area contributed by atoms with Crippen LogP contribution in [0.4, 0.5) is 10.1 Å². The molecule has 0 unspecified atom stereocenters. The van der Waals surface area contributed by atoms with Crippen molar-refractivity contribution in [3.63, 3.8) is 0 Å². The number of nitrogens with zero attached hydrogens (tertiary/aromatic N) is 5. The number of methoxy groups -OCH3 is 1. The van der Waals surface area contributed by atoms with Crippen LogP contribution in [0, 0.1) is 12.7 Å². The van der Waals surface area contributed by atoms with Crippen LogP contribution in [0.3, 0.4) is 0 Å². The van der Waals surface area contributed by atoms with E-state index in [0.717, 1.165) is 107 Å². The lowest BCUT2D eigenvalue weighted by atomic mass is 10.1. The molecular formula is C39H46FN5O5. The zero-order valence-electron chi connectivity index (χ0n) is 29.0. The van der Waals surface area contributed by atoms with Gasteiger partial charge in [0.25, 0.3) is 5.91 Å². The Morgan fingerprint density at radius 2 is 1.60 bits per heavy atom. The molecule has 264 valence electrons. The van der Waals surface area contributed by atoms with Crippen molar-refractivity contribution in [2.45, 2.75) is 51.5 Å². The molecule has 0 N–H and O–H groups in total. The highest BCUT2D eigenvalue weighted by atomic mass is 19.1. The number of aryl methyl sites for hydroxylation is 1. The highest BCUT2D eigenvalue weighted by Crippen LogP contribution is 2.35. The third-order valence-electron chi connectivity index (χ3n) is 9.95. The molecule has 0 spiro atoms. The van der Waals surface area contributed by atoms with Crippen LogP contribution in [0.25, 0.3) is 22.6 Å². The maximum Gasteiger partial charge on any atom is 0.256 e. The number of carbonyl (C=O) groups excluding carboxylic acids is 1. The summed E-state index contributed by atoms with van der Waals surface area (Å²) < 4.78 is 37.1. The van der Waals surface area contributed by atoms with Crippen molar-refractivity contribution in [2.24, 2.45) is 4.99 Å². The fourth-order valence-electron chi connectivity index (χ4n) is 7.05. The Morgan fingerprint density at radius 1 is 0.860 bits per heavy atom. The molecule has 1 aromatic heterocycles. The first-order chi connectivity index (χ1) is 24.4. The summed E-state index contributed by atoms with van der Waals surface area (Å²) in [6, 6.07) is 13.9. The van der Waals surface area contributed by atoms with Gasteiger partial charge in [0, 0.05) is 56.6 Å². The van der Waals surface area contributed by atoms with E-state index in [-0.39, 0.29) is 17.8 Å². The minimum absolute atomic E-state index is 0.0866. The molecule has 2 saturated heterocycles. The van der Waals surface area contributed by atoms with Gasteiger partial charge in [0.2, 0.25) is 5.89 Å². The lowest BCUT2D eigenvalue weighted by molar-refractivity contribution is 0.0774. The van der Waals surface area contributed by atoms with Crippen LogP contribution in [0.1, 0.15) is 54.4 Å². The fourth-order valence-corrected chi connectivity index (χ4v) is 7.05. The number of rotatable bonds is 14. The topological polar surface area (TPSA) is 92.9 Å². The second-order valence-corrected chi connectivity index (χ2v) is 13.4. The number of hydrogen-bond donors (Lipinski definition) is 0. The largest absolute Gasteiger partial charge is 0.493 e. The second kappa shape index (κ2) is 15.6. The maximum atomic E-state index is 13.6. The first-order valence-electron chi connectivity index (χ1n) is 17.9. The maximum absolute atomic E-state index is 13.6. The van der Waals surface area contributed by atoms with E-state index >= 15 is 0 Å². The highest BCUT2D eigenvalue weighted by molar-refractivity contribution is 6.03. The molecule has 4 aromatic rings. The Kier molecular flexibility index (Phi) is 10.6. The molecule has 1 amide bonds. The Labute approximate surface area is 292 Å². The van der Waals surface area contributed by atoms with Crippen LogP contribution < -0.4 is 14.2 Å². The van der Waals surface area contributed by atoms with Gasteiger partial charge in [-0.1, -0.05) is 0 Å². The number of halogens is 1. The first-order valence-corrected chi connectivity index (χ1v) is 17.9. The number of fused-ring (bicyclic) bond motifs is 3. The molecule has 0 aliphatic carbocycles. The summed E-state index contributed by atoms with van der Waals surface area (Å²) in [7, 11) is 1.61. The zero-order valence-corrected chi connectivity index (χ0v) is 29.0. The molecule has 1 atom stereocenters. The van der Waals surface area contributed by atoms with Gasteiger partial charge in [-0.15, -0.1) is 0 Å². The fraction of sp³-hybridized carbons (Fsp3) is 0.462. The van der Waals surface area contributed by atoms with Crippen LogP contribution in [0.5, 0.6) is 17.2 Å². The summed E-state index contributed by atoms with van der Waals surface area (Å²) in [6.45, 7) is 10.6. The second-order valence-electron chi connectivity index (χ2n) is 13.4. The van der Waals surface area contributed by atoms with Gasteiger partial charge in [-0.2, -0.15) is 0 Å². The van der Waals surface area contributed by atoms with Crippen LogP contribution in [0.15, 0.2) is 57.9 Å². The third kappa shape index (κ3) is 7.79. The molecule has 10 nitrogen and oxygen atoms in total. The molecule has 3 aliphatic heterocycles. The third-order valence-corrected chi connectivity index (χ3v) is 9.95.